The Hall–Kier alpha value is -2.57. The number of aromatic nitrogens is 2. The molecule has 30 heavy (non-hydrogen) atoms. The molecule has 2 aromatic carbocycles. The summed E-state index contributed by atoms with van der Waals surface area (Å²) in [5.74, 6) is 2.47. The molecule has 4 rings (SSSR count). The third kappa shape index (κ3) is 4.94. The minimum absolute atomic E-state index is 0.000210. The standard InChI is InChI=1S/C24H25N3OS2/c1-24(2,3)19-13-7-8-14-20(19)28-22-15-9-10-16-27(22)23-25-21(26-30-23)17-29-18-11-5-4-6-12-18/h4-16,22H,17H2,1-3H3. The fraction of sp³-hybridized carbons (Fsp3) is 0.250. The van der Waals surface area contributed by atoms with E-state index in [1.807, 2.05) is 59.7 Å². The molecule has 1 aliphatic heterocycles. The summed E-state index contributed by atoms with van der Waals surface area (Å²) in [4.78, 5) is 8.01. The van der Waals surface area contributed by atoms with Gasteiger partial charge in [-0.25, -0.2) is 4.98 Å². The molecule has 0 N–H and O–H groups in total. The Kier molecular flexibility index (Phi) is 6.25. The number of anilines is 1. The first-order chi connectivity index (χ1) is 14.5. The van der Waals surface area contributed by atoms with Crippen LogP contribution >= 0.6 is 23.3 Å². The lowest BCUT2D eigenvalue weighted by atomic mass is 9.86. The van der Waals surface area contributed by atoms with Crippen molar-refractivity contribution in [2.24, 2.45) is 0 Å². The van der Waals surface area contributed by atoms with Gasteiger partial charge in [-0.2, -0.15) is 4.37 Å². The molecule has 1 atom stereocenters. The maximum absolute atomic E-state index is 6.44. The molecule has 0 aliphatic carbocycles. The highest BCUT2D eigenvalue weighted by Crippen LogP contribution is 2.33. The highest BCUT2D eigenvalue weighted by Gasteiger charge is 2.25. The zero-order valence-corrected chi connectivity index (χ0v) is 19.0. The monoisotopic (exact) mass is 435 g/mol. The van der Waals surface area contributed by atoms with Gasteiger partial charge in [0.1, 0.15) is 5.75 Å². The van der Waals surface area contributed by atoms with Gasteiger partial charge >= 0.3 is 0 Å². The van der Waals surface area contributed by atoms with E-state index >= 15 is 0 Å². The number of thioether (sulfide) groups is 1. The van der Waals surface area contributed by atoms with Crippen molar-refractivity contribution in [2.45, 2.75) is 43.1 Å². The van der Waals surface area contributed by atoms with Crippen LogP contribution in [-0.2, 0) is 11.2 Å². The highest BCUT2D eigenvalue weighted by atomic mass is 32.2. The molecule has 0 spiro atoms. The quantitative estimate of drug-likeness (QED) is 0.418. The molecule has 3 aromatic rings. The van der Waals surface area contributed by atoms with E-state index in [2.05, 4.69) is 49.4 Å². The Morgan fingerprint density at radius 2 is 1.80 bits per heavy atom. The van der Waals surface area contributed by atoms with E-state index < -0.39 is 0 Å². The van der Waals surface area contributed by atoms with Gasteiger partial charge in [-0.05, 0) is 41.3 Å². The van der Waals surface area contributed by atoms with Gasteiger partial charge in [0.25, 0.3) is 0 Å². The van der Waals surface area contributed by atoms with Crippen molar-refractivity contribution < 1.29 is 4.74 Å². The molecule has 0 fully saturated rings. The molecule has 0 saturated heterocycles. The molecule has 4 nitrogen and oxygen atoms in total. The van der Waals surface area contributed by atoms with E-state index in [0.29, 0.717) is 0 Å². The first-order valence-electron chi connectivity index (χ1n) is 9.91. The second-order valence-electron chi connectivity index (χ2n) is 7.98. The van der Waals surface area contributed by atoms with Crippen molar-refractivity contribution in [3.8, 4) is 5.75 Å². The van der Waals surface area contributed by atoms with Crippen LogP contribution in [0.25, 0.3) is 0 Å². The average Bonchev–Trinajstić information content (AvgIpc) is 3.22. The van der Waals surface area contributed by atoms with Gasteiger partial charge in [0.05, 0.1) is 5.75 Å². The smallest absolute Gasteiger partial charge is 0.212 e. The summed E-state index contributed by atoms with van der Waals surface area (Å²) >= 11 is 3.14. The summed E-state index contributed by atoms with van der Waals surface area (Å²) in [7, 11) is 0. The number of nitrogens with zero attached hydrogens (tertiary/aromatic N) is 3. The fourth-order valence-electron chi connectivity index (χ4n) is 3.14. The van der Waals surface area contributed by atoms with Gasteiger partial charge in [0.2, 0.25) is 5.13 Å². The number of hydrogen-bond acceptors (Lipinski definition) is 6. The van der Waals surface area contributed by atoms with Crippen LogP contribution in [0.3, 0.4) is 0 Å². The lowest BCUT2D eigenvalue weighted by Crippen LogP contribution is -2.36. The molecule has 0 radical (unpaired) electrons. The van der Waals surface area contributed by atoms with E-state index in [-0.39, 0.29) is 11.6 Å². The number of ether oxygens (including phenoxy) is 1. The Labute approximate surface area is 186 Å². The van der Waals surface area contributed by atoms with Crippen LogP contribution in [-0.4, -0.2) is 15.6 Å². The van der Waals surface area contributed by atoms with E-state index in [0.717, 1.165) is 22.5 Å². The Bertz CT molecular complexity index is 1040. The molecular formula is C24H25N3OS2. The van der Waals surface area contributed by atoms with E-state index in [4.69, 9.17) is 9.72 Å². The minimum Gasteiger partial charge on any atom is -0.466 e. The largest absolute Gasteiger partial charge is 0.466 e. The van der Waals surface area contributed by atoms with Crippen molar-refractivity contribution in [3.63, 3.8) is 0 Å². The predicted molar refractivity (Wildman–Crippen MR) is 126 cm³/mol. The summed E-state index contributed by atoms with van der Waals surface area (Å²) in [6.45, 7) is 6.60. The van der Waals surface area contributed by atoms with Gasteiger partial charge < -0.3 is 4.74 Å². The Morgan fingerprint density at radius 3 is 2.60 bits per heavy atom. The lowest BCUT2D eigenvalue weighted by Gasteiger charge is -2.30. The van der Waals surface area contributed by atoms with Crippen LogP contribution in [0.5, 0.6) is 5.75 Å². The van der Waals surface area contributed by atoms with Crippen molar-refractivity contribution in [3.05, 3.63) is 90.4 Å². The van der Waals surface area contributed by atoms with Gasteiger partial charge in [-0.15, -0.1) is 11.8 Å². The molecule has 6 heteroatoms. The number of para-hydroxylation sites is 1. The number of hydrogen-bond donors (Lipinski definition) is 0. The molecule has 0 amide bonds. The second-order valence-corrected chi connectivity index (χ2v) is 9.76. The second kappa shape index (κ2) is 9.06. The predicted octanol–water partition coefficient (Wildman–Crippen LogP) is 6.42. The third-order valence-electron chi connectivity index (χ3n) is 4.64. The van der Waals surface area contributed by atoms with Gasteiger partial charge in [-0.1, -0.05) is 63.2 Å². The molecule has 1 aliphatic rings. The van der Waals surface area contributed by atoms with Crippen LogP contribution in [0.15, 0.2) is 83.9 Å². The Morgan fingerprint density at radius 1 is 1.03 bits per heavy atom. The van der Waals surface area contributed by atoms with Gasteiger partial charge in [0, 0.05) is 22.6 Å². The van der Waals surface area contributed by atoms with Crippen molar-refractivity contribution in [1.82, 2.24) is 9.36 Å². The number of rotatable bonds is 6. The SMILES string of the molecule is CC(C)(C)c1ccccc1OC1C=CC=CN1c1nc(CSc2ccccc2)ns1. The first-order valence-corrected chi connectivity index (χ1v) is 11.7. The average molecular weight is 436 g/mol. The van der Waals surface area contributed by atoms with Gasteiger partial charge in [-0.3, -0.25) is 4.90 Å². The summed E-state index contributed by atoms with van der Waals surface area (Å²) in [5, 5.41) is 0.831. The molecule has 0 bridgehead atoms. The van der Waals surface area contributed by atoms with Crippen molar-refractivity contribution in [1.29, 1.82) is 0 Å². The minimum atomic E-state index is -0.263. The molecule has 0 saturated carbocycles. The molecule has 2 heterocycles. The van der Waals surface area contributed by atoms with E-state index in [9.17, 15) is 0 Å². The zero-order valence-electron chi connectivity index (χ0n) is 17.4. The molecule has 154 valence electrons. The summed E-state index contributed by atoms with van der Waals surface area (Å²) in [6, 6.07) is 18.6. The third-order valence-corrected chi connectivity index (χ3v) is 6.42. The maximum Gasteiger partial charge on any atom is 0.212 e. The first kappa shape index (κ1) is 20.7. The maximum atomic E-state index is 6.44. The molecule has 1 unspecified atom stereocenters. The van der Waals surface area contributed by atoms with Crippen molar-refractivity contribution >= 4 is 28.4 Å². The zero-order chi connectivity index (χ0) is 21.0. The van der Waals surface area contributed by atoms with Crippen LogP contribution in [0.4, 0.5) is 5.13 Å². The van der Waals surface area contributed by atoms with Crippen molar-refractivity contribution in [2.75, 3.05) is 4.90 Å². The number of benzene rings is 2. The topological polar surface area (TPSA) is 38.2 Å². The van der Waals surface area contributed by atoms with Gasteiger partial charge in [0.15, 0.2) is 12.1 Å². The van der Waals surface area contributed by atoms with E-state index in [1.165, 1.54) is 22.0 Å². The summed E-state index contributed by atoms with van der Waals surface area (Å²) in [6.07, 6.45) is 7.78. The van der Waals surface area contributed by atoms with Crippen LogP contribution < -0.4 is 9.64 Å². The highest BCUT2D eigenvalue weighted by molar-refractivity contribution is 7.98. The molecular weight excluding hydrogens is 410 g/mol. The Balaban J connectivity index is 1.50. The number of allylic oxidation sites excluding steroid dienone is 2. The lowest BCUT2D eigenvalue weighted by molar-refractivity contribution is 0.246. The summed E-state index contributed by atoms with van der Waals surface area (Å²) in [5.41, 5.74) is 1.19. The van der Waals surface area contributed by atoms with Crippen LogP contribution in [0.1, 0.15) is 32.2 Å². The molecule has 1 aromatic heterocycles. The fourth-order valence-corrected chi connectivity index (χ4v) is 4.69. The van der Waals surface area contributed by atoms with Crippen LogP contribution in [0, 0.1) is 0 Å². The van der Waals surface area contributed by atoms with Crippen LogP contribution in [0.2, 0.25) is 0 Å². The van der Waals surface area contributed by atoms with E-state index in [1.54, 1.807) is 11.8 Å². The summed E-state index contributed by atoms with van der Waals surface area (Å²) < 4.78 is 11.0. The normalized spacial score (nSPS) is 16.1.